The van der Waals surface area contributed by atoms with Crippen LogP contribution in [-0.4, -0.2) is 32.6 Å². The number of nitrogens with zero attached hydrogens (tertiary/aromatic N) is 2. The van der Waals surface area contributed by atoms with E-state index in [0.29, 0.717) is 17.4 Å². The third kappa shape index (κ3) is 3.73. The lowest BCUT2D eigenvalue weighted by atomic mass is 9.77. The van der Waals surface area contributed by atoms with Gasteiger partial charge >= 0.3 is 0 Å². The van der Waals surface area contributed by atoms with Crippen molar-refractivity contribution in [1.82, 2.24) is 15.3 Å². The van der Waals surface area contributed by atoms with Gasteiger partial charge in [-0.15, -0.1) is 0 Å². The number of rotatable bonds is 4. The van der Waals surface area contributed by atoms with E-state index in [1.54, 1.807) is 6.20 Å². The number of fused-ring (bicyclic) bond motifs is 1. The maximum absolute atomic E-state index is 12.6. The average Bonchev–Trinajstić information content (AvgIpc) is 3.45. The zero-order valence-electron chi connectivity index (χ0n) is 15.5. The lowest BCUT2D eigenvalue weighted by Gasteiger charge is -2.36. The molecule has 0 spiro atoms. The van der Waals surface area contributed by atoms with Gasteiger partial charge in [0, 0.05) is 35.4 Å². The van der Waals surface area contributed by atoms with Gasteiger partial charge in [-0.1, -0.05) is 0 Å². The van der Waals surface area contributed by atoms with Crippen molar-refractivity contribution in [2.24, 2.45) is 5.92 Å². The summed E-state index contributed by atoms with van der Waals surface area (Å²) in [6.07, 6.45) is 9.64. The van der Waals surface area contributed by atoms with Crippen LogP contribution in [0.2, 0.25) is 0 Å². The average molecular weight is 353 g/mol. The monoisotopic (exact) mass is 353 g/mol. The van der Waals surface area contributed by atoms with Crippen LogP contribution in [0.5, 0.6) is 0 Å². The Labute approximate surface area is 154 Å². The van der Waals surface area contributed by atoms with Crippen LogP contribution in [0.15, 0.2) is 24.5 Å². The Hall–Kier alpha value is -2.01. The molecule has 0 atom stereocenters. The van der Waals surface area contributed by atoms with Gasteiger partial charge in [0.2, 0.25) is 0 Å². The summed E-state index contributed by atoms with van der Waals surface area (Å²) in [6.45, 7) is 3.75. The second-order valence-electron chi connectivity index (χ2n) is 8.48. The standard InChI is InChI=1S/C21H27N3O2/c1-21(2,26)16-5-7-17(8-6-16)24-20(25)15-9-14-11-22-18(13-3-4-13)10-19(14)23-12-15/h9-13,16-17,26H,3-8H2,1-2H3,(H,24,25)/t16-,17-. The van der Waals surface area contributed by atoms with E-state index in [4.69, 9.17) is 0 Å². The van der Waals surface area contributed by atoms with E-state index >= 15 is 0 Å². The topological polar surface area (TPSA) is 75.1 Å². The van der Waals surface area contributed by atoms with Gasteiger partial charge in [0.15, 0.2) is 0 Å². The van der Waals surface area contributed by atoms with Gasteiger partial charge in [-0.3, -0.25) is 14.8 Å². The minimum atomic E-state index is -0.635. The molecule has 0 saturated heterocycles. The molecule has 0 radical (unpaired) electrons. The van der Waals surface area contributed by atoms with Gasteiger partial charge in [0.1, 0.15) is 0 Å². The molecule has 4 rings (SSSR count). The smallest absolute Gasteiger partial charge is 0.253 e. The molecule has 138 valence electrons. The lowest BCUT2D eigenvalue weighted by molar-refractivity contribution is -0.00257. The minimum absolute atomic E-state index is 0.0719. The Morgan fingerprint density at radius 2 is 1.81 bits per heavy atom. The Bertz CT molecular complexity index is 816. The third-order valence-electron chi connectivity index (χ3n) is 5.91. The van der Waals surface area contributed by atoms with Crippen molar-refractivity contribution in [2.45, 2.75) is 69.9 Å². The van der Waals surface area contributed by atoms with E-state index in [-0.39, 0.29) is 11.9 Å². The quantitative estimate of drug-likeness (QED) is 0.881. The summed E-state index contributed by atoms with van der Waals surface area (Å²) in [7, 11) is 0. The summed E-state index contributed by atoms with van der Waals surface area (Å²) in [5, 5.41) is 14.2. The Morgan fingerprint density at radius 3 is 2.46 bits per heavy atom. The van der Waals surface area contributed by atoms with E-state index in [0.717, 1.165) is 42.3 Å². The molecule has 26 heavy (non-hydrogen) atoms. The summed E-state index contributed by atoms with van der Waals surface area (Å²) in [4.78, 5) is 21.6. The predicted molar refractivity (Wildman–Crippen MR) is 101 cm³/mol. The predicted octanol–water partition coefficient (Wildman–Crippen LogP) is 3.57. The molecule has 0 aliphatic heterocycles. The first-order valence-corrected chi connectivity index (χ1v) is 9.69. The van der Waals surface area contributed by atoms with Crippen molar-refractivity contribution in [1.29, 1.82) is 0 Å². The summed E-state index contributed by atoms with van der Waals surface area (Å²) in [5.74, 6) is 0.838. The number of nitrogens with one attached hydrogen (secondary N) is 1. The molecule has 2 N–H and O–H groups in total. The first-order valence-electron chi connectivity index (χ1n) is 9.69. The molecule has 0 bridgehead atoms. The van der Waals surface area contributed by atoms with Crippen LogP contribution in [-0.2, 0) is 0 Å². The first-order chi connectivity index (χ1) is 12.4. The zero-order valence-corrected chi connectivity index (χ0v) is 15.5. The van der Waals surface area contributed by atoms with Crippen molar-refractivity contribution >= 4 is 16.8 Å². The third-order valence-corrected chi connectivity index (χ3v) is 5.91. The second kappa shape index (κ2) is 6.62. The molecule has 1 amide bonds. The normalized spacial score (nSPS) is 23.8. The van der Waals surface area contributed by atoms with E-state index in [2.05, 4.69) is 15.3 Å². The Kier molecular flexibility index (Phi) is 4.43. The van der Waals surface area contributed by atoms with Crippen LogP contribution < -0.4 is 5.32 Å². The molecule has 2 saturated carbocycles. The minimum Gasteiger partial charge on any atom is -0.390 e. The molecule has 0 unspecified atom stereocenters. The van der Waals surface area contributed by atoms with Gasteiger partial charge in [0.05, 0.1) is 16.7 Å². The summed E-state index contributed by atoms with van der Waals surface area (Å²) >= 11 is 0. The summed E-state index contributed by atoms with van der Waals surface area (Å²) in [6, 6.07) is 4.10. The maximum atomic E-state index is 12.6. The highest BCUT2D eigenvalue weighted by Gasteiger charge is 2.32. The fraction of sp³-hybridized carbons (Fsp3) is 0.571. The van der Waals surface area contributed by atoms with Crippen molar-refractivity contribution in [3.63, 3.8) is 0 Å². The molecule has 2 heterocycles. The number of aliphatic hydroxyl groups is 1. The number of carbonyl (C=O) groups is 1. The van der Waals surface area contributed by atoms with Gasteiger partial charge in [-0.25, -0.2) is 0 Å². The number of aromatic nitrogens is 2. The highest BCUT2D eigenvalue weighted by molar-refractivity contribution is 5.97. The fourth-order valence-electron chi connectivity index (χ4n) is 3.98. The number of carbonyl (C=O) groups excluding carboxylic acids is 1. The van der Waals surface area contributed by atoms with Crippen molar-refractivity contribution in [3.05, 3.63) is 35.8 Å². The van der Waals surface area contributed by atoms with Crippen molar-refractivity contribution in [2.75, 3.05) is 0 Å². The van der Waals surface area contributed by atoms with Crippen LogP contribution >= 0.6 is 0 Å². The second-order valence-corrected chi connectivity index (χ2v) is 8.48. The number of pyridine rings is 2. The molecule has 5 heteroatoms. The first kappa shape index (κ1) is 17.4. The molecule has 5 nitrogen and oxygen atoms in total. The summed E-state index contributed by atoms with van der Waals surface area (Å²) in [5.41, 5.74) is 1.97. The maximum Gasteiger partial charge on any atom is 0.253 e. The van der Waals surface area contributed by atoms with E-state index < -0.39 is 5.60 Å². The Balaban J connectivity index is 1.41. The molecule has 2 aromatic heterocycles. The van der Waals surface area contributed by atoms with Crippen molar-refractivity contribution in [3.8, 4) is 0 Å². The number of amides is 1. The number of hydrogen-bond donors (Lipinski definition) is 2. The van der Waals surface area contributed by atoms with E-state index in [1.807, 2.05) is 32.2 Å². The molecule has 2 aliphatic carbocycles. The fourth-order valence-corrected chi connectivity index (χ4v) is 3.98. The van der Waals surface area contributed by atoms with Crippen LogP contribution in [0.4, 0.5) is 0 Å². The van der Waals surface area contributed by atoms with Gasteiger partial charge in [0.25, 0.3) is 5.91 Å². The van der Waals surface area contributed by atoms with Gasteiger partial charge < -0.3 is 10.4 Å². The molecule has 2 fully saturated rings. The van der Waals surface area contributed by atoms with E-state index in [9.17, 15) is 9.90 Å². The molecular formula is C21H27N3O2. The summed E-state index contributed by atoms with van der Waals surface area (Å²) < 4.78 is 0. The highest BCUT2D eigenvalue weighted by Crippen LogP contribution is 2.39. The zero-order chi connectivity index (χ0) is 18.3. The van der Waals surface area contributed by atoms with Gasteiger partial charge in [-0.05, 0) is 70.4 Å². The van der Waals surface area contributed by atoms with Crippen LogP contribution in [0.1, 0.15) is 74.3 Å². The van der Waals surface area contributed by atoms with E-state index in [1.165, 1.54) is 12.8 Å². The van der Waals surface area contributed by atoms with Crippen LogP contribution in [0.3, 0.4) is 0 Å². The largest absolute Gasteiger partial charge is 0.390 e. The highest BCUT2D eigenvalue weighted by atomic mass is 16.3. The lowest BCUT2D eigenvalue weighted by Crippen LogP contribution is -2.41. The van der Waals surface area contributed by atoms with Crippen LogP contribution in [0, 0.1) is 5.92 Å². The van der Waals surface area contributed by atoms with Crippen molar-refractivity contribution < 1.29 is 9.90 Å². The molecule has 2 aromatic rings. The Morgan fingerprint density at radius 1 is 1.08 bits per heavy atom. The molecular weight excluding hydrogens is 326 g/mol. The molecule has 0 aromatic carbocycles. The van der Waals surface area contributed by atoms with Crippen LogP contribution in [0.25, 0.3) is 10.9 Å². The van der Waals surface area contributed by atoms with Gasteiger partial charge in [-0.2, -0.15) is 0 Å². The molecule has 2 aliphatic rings. The SMILES string of the molecule is CC(C)(O)[C@H]1CC[C@H](NC(=O)c2cnc3cc(C4CC4)ncc3c2)CC1. The number of hydrogen-bond acceptors (Lipinski definition) is 4.